The van der Waals surface area contributed by atoms with Crippen molar-refractivity contribution in [2.45, 2.75) is 31.7 Å². The molecule has 0 heterocycles. The average Bonchev–Trinajstić information content (AvgIpc) is 2.40. The lowest BCUT2D eigenvalue weighted by atomic mass is 9.95. The van der Waals surface area contributed by atoms with Gasteiger partial charge >= 0.3 is 5.97 Å². The van der Waals surface area contributed by atoms with Crippen molar-refractivity contribution in [3.8, 4) is 0 Å². The zero-order chi connectivity index (χ0) is 14.3. The highest BCUT2D eigenvalue weighted by molar-refractivity contribution is 7.80. The molecular weight excluding hydrogens is 262 g/mol. The van der Waals surface area contributed by atoms with E-state index in [0.29, 0.717) is 18.6 Å². The Morgan fingerprint density at radius 1 is 1.32 bits per heavy atom. The molecule has 0 saturated heterocycles. The standard InChI is InChI=1S/C14H19NO3S/c1-2-11(10-6-4-3-5-7-10)13(16)15-12(8-9-19)14(17)18/h3-7,11-12,19H,2,8-9H2,1H3,(H,15,16)(H,17,18). The molecule has 0 bridgehead atoms. The first-order chi connectivity index (χ1) is 9.10. The van der Waals surface area contributed by atoms with Crippen LogP contribution in [-0.2, 0) is 9.59 Å². The third-order valence-electron chi connectivity index (χ3n) is 2.96. The molecule has 0 radical (unpaired) electrons. The second-order valence-corrected chi connectivity index (χ2v) is 4.73. The lowest BCUT2D eigenvalue weighted by Gasteiger charge is -2.19. The van der Waals surface area contributed by atoms with Gasteiger partial charge in [-0.25, -0.2) is 4.79 Å². The number of carboxylic acid groups (broad SMARTS) is 1. The Labute approximate surface area is 118 Å². The summed E-state index contributed by atoms with van der Waals surface area (Å²) in [6.07, 6.45) is 0.943. The molecule has 2 atom stereocenters. The van der Waals surface area contributed by atoms with E-state index < -0.39 is 12.0 Å². The summed E-state index contributed by atoms with van der Waals surface area (Å²) in [5, 5.41) is 11.6. The second kappa shape index (κ2) is 7.84. The third-order valence-corrected chi connectivity index (χ3v) is 3.22. The minimum absolute atomic E-state index is 0.247. The highest BCUT2D eigenvalue weighted by atomic mass is 32.1. The summed E-state index contributed by atoms with van der Waals surface area (Å²) >= 11 is 4.01. The van der Waals surface area contributed by atoms with Crippen LogP contribution in [0, 0.1) is 0 Å². The number of carboxylic acids is 1. The van der Waals surface area contributed by atoms with Crippen molar-refractivity contribution >= 4 is 24.5 Å². The molecule has 0 spiro atoms. The SMILES string of the molecule is CCC(C(=O)NC(CCS)C(=O)O)c1ccccc1. The van der Waals surface area contributed by atoms with Gasteiger partial charge in [0, 0.05) is 0 Å². The van der Waals surface area contributed by atoms with Gasteiger partial charge in [-0.05, 0) is 24.2 Å². The zero-order valence-corrected chi connectivity index (χ0v) is 11.8. The van der Waals surface area contributed by atoms with Crippen LogP contribution in [0.1, 0.15) is 31.2 Å². The van der Waals surface area contributed by atoms with Crippen LogP contribution in [0.3, 0.4) is 0 Å². The largest absolute Gasteiger partial charge is 0.480 e. The van der Waals surface area contributed by atoms with Crippen LogP contribution in [0.4, 0.5) is 0 Å². The fraction of sp³-hybridized carbons (Fsp3) is 0.429. The van der Waals surface area contributed by atoms with E-state index in [9.17, 15) is 9.59 Å². The van der Waals surface area contributed by atoms with Gasteiger partial charge in [0.15, 0.2) is 0 Å². The molecule has 2 unspecified atom stereocenters. The quantitative estimate of drug-likeness (QED) is 0.670. The van der Waals surface area contributed by atoms with Crippen LogP contribution in [0.5, 0.6) is 0 Å². The molecule has 0 aliphatic rings. The number of amides is 1. The van der Waals surface area contributed by atoms with Gasteiger partial charge in [0.1, 0.15) is 6.04 Å². The molecular formula is C14H19NO3S. The maximum Gasteiger partial charge on any atom is 0.326 e. The van der Waals surface area contributed by atoms with E-state index in [0.717, 1.165) is 5.56 Å². The highest BCUT2D eigenvalue weighted by Crippen LogP contribution is 2.19. The van der Waals surface area contributed by atoms with Crippen LogP contribution in [-0.4, -0.2) is 28.8 Å². The summed E-state index contributed by atoms with van der Waals surface area (Å²) in [4.78, 5) is 23.2. The van der Waals surface area contributed by atoms with Crippen LogP contribution < -0.4 is 5.32 Å². The molecule has 1 aromatic rings. The van der Waals surface area contributed by atoms with E-state index in [-0.39, 0.29) is 11.8 Å². The topological polar surface area (TPSA) is 66.4 Å². The van der Waals surface area contributed by atoms with Gasteiger partial charge in [0.05, 0.1) is 5.92 Å². The Bertz CT molecular complexity index is 422. The number of rotatable bonds is 7. The number of carbonyl (C=O) groups excluding carboxylic acids is 1. The van der Waals surface area contributed by atoms with E-state index in [1.807, 2.05) is 37.3 Å². The minimum atomic E-state index is -1.02. The first-order valence-corrected chi connectivity index (χ1v) is 6.92. The average molecular weight is 281 g/mol. The predicted octanol–water partition coefficient (Wildman–Crippen LogP) is 2.07. The molecule has 2 N–H and O–H groups in total. The van der Waals surface area contributed by atoms with Crippen molar-refractivity contribution in [3.63, 3.8) is 0 Å². The highest BCUT2D eigenvalue weighted by Gasteiger charge is 2.24. The van der Waals surface area contributed by atoms with E-state index in [2.05, 4.69) is 17.9 Å². The monoisotopic (exact) mass is 281 g/mol. The Kier molecular flexibility index (Phi) is 6.42. The lowest BCUT2D eigenvalue weighted by molar-refractivity contribution is -0.142. The van der Waals surface area contributed by atoms with Crippen LogP contribution >= 0.6 is 12.6 Å². The zero-order valence-electron chi connectivity index (χ0n) is 10.9. The number of aliphatic carboxylic acids is 1. The van der Waals surface area contributed by atoms with Gasteiger partial charge < -0.3 is 10.4 Å². The molecule has 0 saturated carbocycles. The van der Waals surface area contributed by atoms with E-state index in [1.165, 1.54) is 0 Å². The summed E-state index contributed by atoms with van der Waals surface area (Å²) in [6, 6.07) is 8.50. The molecule has 1 aromatic carbocycles. The fourth-order valence-electron chi connectivity index (χ4n) is 1.92. The normalized spacial score (nSPS) is 13.6. The maximum absolute atomic E-state index is 12.2. The molecule has 0 aromatic heterocycles. The summed E-state index contributed by atoms with van der Waals surface area (Å²) in [7, 11) is 0. The summed E-state index contributed by atoms with van der Waals surface area (Å²) in [5.41, 5.74) is 0.900. The Morgan fingerprint density at radius 2 is 1.95 bits per heavy atom. The molecule has 5 heteroatoms. The van der Waals surface area contributed by atoms with E-state index >= 15 is 0 Å². The molecule has 19 heavy (non-hydrogen) atoms. The first-order valence-electron chi connectivity index (χ1n) is 6.29. The van der Waals surface area contributed by atoms with Crippen molar-refractivity contribution in [2.24, 2.45) is 0 Å². The first kappa shape index (κ1) is 15.6. The van der Waals surface area contributed by atoms with E-state index in [4.69, 9.17) is 5.11 Å². The molecule has 104 valence electrons. The van der Waals surface area contributed by atoms with Crippen molar-refractivity contribution in [3.05, 3.63) is 35.9 Å². The van der Waals surface area contributed by atoms with Crippen LogP contribution in [0.2, 0.25) is 0 Å². The Hall–Kier alpha value is -1.49. The van der Waals surface area contributed by atoms with Gasteiger partial charge in [-0.15, -0.1) is 0 Å². The number of benzene rings is 1. The molecule has 1 amide bonds. The molecule has 0 fully saturated rings. The summed E-state index contributed by atoms with van der Waals surface area (Å²) < 4.78 is 0. The van der Waals surface area contributed by atoms with Gasteiger partial charge in [-0.1, -0.05) is 37.3 Å². The van der Waals surface area contributed by atoms with Crippen LogP contribution in [0.25, 0.3) is 0 Å². The third kappa shape index (κ3) is 4.59. The second-order valence-electron chi connectivity index (χ2n) is 4.28. The van der Waals surface area contributed by atoms with Crippen molar-refractivity contribution < 1.29 is 14.7 Å². The van der Waals surface area contributed by atoms with Crippen molar-refractivity contribution in [2.75, 3.05) is 5.75 Å². The predicted molar refractivity (Wildman–Crippen MR) is 77.5 cm³/mol. The van der Waals surface area contributed by atoms with Crippen molar-refractivity contribution in [1.29, 1.82) is 0 Å². The minimum Gasteiger partial charge on any atom is -0.480 e. The summed E-state index contributed by atoms with van der Waals surface area (Å²) in [5.74, 6) is -1.17. The summed E-state index contributed by atoms with van der Waals surface area (Å²) in [6.45, 7) is 1.91. The molecule has 4 nitrogen and oxygen atoms in total. The number of hydrogen-bond acceptors (Lipinski definition) is 3. The van der Waals surface area contributed by atoms with Crippen LogP contribution in [0.15, 0.2) is 30.3 Å². The number of carbonyl (C=O) groups is 2. The Balaban J connectivity index is 2.76. The molecule has 0 aliphatic carbocycles. The smallest absolute Gasteiger partial charge is 0.326 e. The maximum atomic E-state index is 12.2. The van der Waals surface area contributed by atoms with Gasteiger partial charge in [-0.2, -0.15) is 12.6 Å². The van der Waals surface area contributed by atoms with Crippen molar-refractivity contribution in [1.82, 2.24) is 5.32 Å². The molecule has 0 aliphatic heterocycles. The number of hydrogen-bond donors (Lipinski definition) is 3. The molecule has 1 rings (SSSR count). The Morgan fingerprint density at radius 3 is 2.42 bits per heavy atom. The van der Waals surface area contributed by atoms with Gasteiger partial charge in [-0.3, -0.25) is 4.79 Å². The van der Waals surface area contributed by atoms with E-state index in [1.54, 1.807) is 0 Å². The van der Waals surface area contributed by atoms with Gasteiger partial charge in [0.25, 0.3) is 0 Å². The lowest BCUT2D eigenvalue weighted by Crippen LogP contribution is -2.43. The number of nitrogens with one attached hydrogen (secondary N) is 1. The van der Waals surface area contributed by atoms with Gasteiger partial charge in [0.2, 0.25) is 5.91 Å². The number of thiol groups is 1. The fourth-order valence-corrected chi connectivity index (χ4v) is 2.17.